The smallest absolute Gasteiger partial charge is 0.160 e. The van der Waals surface area contributed by atoms with Gasteiger partial charge >= 0.3 is 0 Å². The molecule has 0 aliphatic rings. The van der Waals surface area contributed by atoms with Crippen LogP contribution in [-0.2, 0) is 0 Å². The molecule has 0 fully saturated rings. The van der Waals surface area contributed by atoms with E-state index in [9.17, 15) is 0 Å². The molecule has 140 valence electrons. The van der Waals surface area contributed by atoms with Gasteiger partial charge in [-0.1, -0.05) is 102 Å². The molecule has 0 aliphatic carbocycles. The SMILES string of the molecule is C=Cc1nc(-c2ccc(Br)cc2)nc(-c2ccc(-c3ccccc3)cc2)c1C=C. The number of hydrogen-bond acceptors (Lipinski definition) is 2. The molecule has 1 aromatic heterocycles. The van der Waals surface area contributed by atoms with Gasteiger partial charge in [-0.3, -0.25) is 0 Å². The predicted octanol–water partition coefficient (Wildman–Crippen LogP) is 7.53. The topological polar surface area (TPSA) is 25.8 Å². The molecule has 0 radical (unpaired) electrons. The molecule has 3 aromatic carbocycles. The third-order valence-electron chi connectivity index (χ3n) is 4.74. The molecule has 3 heteroatoms. The van der Waals surface area contributed by atoms with Crippen LogP contribution >= 0.6 is 15.9 Å². The predicted molar refractivity (Wildman–Crippen MR) is 126 cm³/mol. The Bertz CT molecular complexity index is 1160. The normalized spacial score (nSPS) is 10.5. The standard InChI is InChI=1S/C26H19BrN2/c1-3-23-24(4-2)28-26(21-14-16-22(27)17-15-21)29-25(23)20-12-10-19(11-13-20)18-8-6-5-7-9-18/h3-17H,1-2H2. The Kier molecular flexibility index (Phi) is 5.50. The minimum Gasteiger partial charge on any atom is -0.228 e. The molecule has 0 aliphatic heterocycles. The largest absolute Gasteiger partial charge is 0.228 e. The van der Waals surface area contributed by atoms with Gasteiger partial charge in [0.15, 0.2) is 5.82 Å². The van der Waals surface area contributed by atoms with E-state index in [1.807, 2.05) is 42.5 Å². The highest BCUT2D eigenvalue weighted by Crippen LogP contribution is 2.30. The minimum atomic E-state index is 0.667. The quantitative estimate of drug-likeness (QED) is 0.321. The molecule has 0 atom stereocenters. The molecule has 0 bridgehead atoms. The Balaban J connectivity index is 1.83. The van der Waals surface area contributed by atoms with Gasteiger partial charge in [-0.15, -0.1) is 0 Å². The molecule has 0 unspecified atom stereocenters. The molecule has 0 saturated heterocycles. The van der Waals surface area contributed by atoms with Crippen molar-refractivity contribution in [3.05, 3.63) is 108 Å². The van der Waals surface area contributed by atoms with Crippen LogP contribution in [0.2, 0.25) is 0 Å². The fourth-order valence-corrected chi connectivity index (χ4v) is 3.51. The molecule has 0 amide bonds. The first-order valence-electron chi connectivity index (χ1n) is 9.28. The number of halogens is 1. The van der Waals surface area contributed by atoms with Crippen LogP contribution in [-0.4, -0.2) is 9.97 Å². The van der Waals surface area contributed by atoms with Gasteiger partial charge in [0.25, 0.3) is 0 Å². The molecule has 4 rings (SSSR count). The molecule has 1 heterocycles. The van der Waals surface area contributed by atoms with Crippen molar-refractivity contribution in [2.75, 3.05) is 0 Å². The molecule has 0 saturated carbocycles. The monoisotopic (exact) mass is 438 g/mol. The van der Waals surface area contributed by atoms with Crippen molar-refractivity contribution >= 4 is 28.1 Å². The van der Waals surface area contributed by atoms with Gasteiger partial charge in [0.1, 0.15) is 0 Å². The maximum absolute atomic E-state index is 4.88. The molecular weight excluding hydrogens is 420 g/mol. The Labute approximate surface area is 179 Å². The second-order valence-electron chi connectivity index (χ2n) is 6.55. The minimum absolute atomic E-state index is 0.667. The van der Waals surface area contributed by atoms with E-state index in [4.69, 9.17) is 9.97 Å². The molecule has 0 spiro atoms. The van der Waals surface area contributed by atoms with Gasteiger partial charge in [0.05, 0.1) is 11.4 Å². The Morgan fingerprint density at radius 2 is 1.21 bits per heavy atom. The van der Waals surface area contributed by atoms with Gasteiger partial charge in [0, 0.05) is 21.2 Å². The third kappa shape index (κ3) is 3.96. The van der Waals surface area contributed by atoms with E-state index in [0.29, 0.717) is 5.82 Å². The summed E-state index contributed by atoms with van der Waals surface area (Å²) in [4.78, 5) is 9.58. The van der Waals surface area contributed by atoms with Crippen LogP contribution in [0.25, 0.3) is 45.9 Å². The molecular formula is C26H19BrN2. The van der Waals surface area contributed by atoms with Crippen molar-refractivity contribution in [2.45, 2.75) is 0 Å². The van der Waals surface area contributed by atoms with Crippen LogP contribution < -0.4 is 0 Å². The lowest BCUT2D eigenvalue weighted by atomic mass is 9.99. The Hall–Kier alpha value is -3.30. The van der Waals surface area contributed by atoms with Crippen LogP contribution in [0.1, 0.15) is 11.3 Å². The summed E-state index contributed by atoms with van der Waals surface area (Å²) < 4.78 is 1.02. The third-order valence-corrected chi connectivity index (χ3v) is 5.27. The van der Waals surface area contributed by atoms with E-state index in [2.05, 4.69) is 65.5 Å². The summed E-state index contributed by atoms with van der Waals surface area (Å²) >= 11 is 3.48. The van der Waals surface area contributed by atoms with Crippen molar-refractivity contribution in [2.24, 2.45) is 0 Å². The zero-order chi connectivity index (χ0) is 20.2. The molecule has 4 aromatic rings. The van der Waals surface area contributed by atoms with Gasteiger partial charge in [-0.2, -0.15) is 0 Å². The lowest BCUT2D eigenvalue weighted by molar-refractivity contribution is 1.15. The first-order chi connectivity index (χ1) is 14.2. The van der Waals surface area contributed by atoms with Gasteiger partial charge in [-0.05, 0) is 29.3 Å². The van der Waals surface area contributed by atoms with Crippen LogP contribution in [0, 0.1) is 0 Å². The lowest BCUT2D eigenvalue weighted by Crippen LogP contribution is -2.00. The first kappa shape index (κ1) is 19.0. The van der Waals surface area contributed by atoms with Crippen LogP contribution in [0.3, 0.4) is 0 Å². The fraction of sp³-hybridized carbons (Fsp3) is 0. The van der Waals surface area contributed by atoms with E-state index < -0.39 is 0 Å². The summed E-state index contributed by atoms with van der Waals surface area (Å²) in [5, 5.41) is 0. The lowest BCUT2D eigenvalue weighted by Gasteiger charge is -2.12. The van der Waals surface area contributed by atoms with Crippen molar-refractivity contribution in [3.63, 3.8) is 0 Å². The second kappa shape index (κ2) is 8.38. The Morgan fingerprint density at radius 3 is 1.83 bits per heavy atom. The average Bonchev–Trinajstić information content (AvgIpc) is 2.79. The van der Waals surface area contributed by atoms with Crippen molar-refractivity contribution in [1.82, 2.24) is 9.97 Å². The van der Waals surface area contributed by atoms with Crippen molar-refractivity contribution < 1.29 is 0 Å². The highest BCUT2D eigenvalue weighted by Gasteiger charge is 2.14. The molecule has 29 heavy (non-hydrogen) atoms. The summed E-state index contributed by atoms with van der Waals surface area (Å²) in [7, 11) is 0. The molecule has 0 N–H and O–H groups in total. The highest BCUT2D eigenvalue weighted by molar-refractivity contribution is 9.10. The summed E-state index contributed by atoms with van der Waals surface area (Å²) in [5.41, 5.74) is 6.83. The summed E-state index contributed by atoms with van der Waals surface area (Å²) in [5.74, 6) is 0.667. The fourth-order valence-electron chi connectivity index (χ4n) is 3.24. The van der Waals surface area contributed by atoms with E-state index in [0.717, 1.165) is 32.6 Å². The van der Waals surface area contributed by atoms with Crippen molar-refractivity contribution in [1.29, 1.82) is 0 Å². The number of rotatable bonds is 5. The van der Waals surface area contributed by atoms with Gasteiger partial charge in [0.2, 0.25) is 0 Å². The number of benzene rings is 3. The van der Waals surface area contributed by atoms with Crippen molar-refractivity contribution in [3.8, 4) is 33.8 Å². The zero-order valence-electron chi connectivity index (χ0n) is 15.8. The maximum atomic E-state index is 4.88. The summed E-state index contributed by atoms with van der Waals surface area (Å²) in [6.07, 6.45) is 3.55. The van der Waals surface area contributed by atoms with E-state index in [1.54, 1.807) is 12.2 Å². The van der Waals surface area contributed by atoms with Crippen LogP contribution in [0.5, 0.6) is 0 Å². The average molecular weight is 439 g/mol. The summed E-state index contributed by atoms with van der Waals surface area (Å²) in [6.45, 7) is 7.90. The second-order valence-corrected chi connectivity index (χ2v) is 7.47. The van der Waals surface area contributed by atoms with Gasteiger partial charge in [-0.25, -0.2) is 9.97 Å². The van der Waals surface area contributed by atoms with E-state index in [1.165, 1.54) is 11.1 Å². The maximum Gasteiger partial charge on any atom is 0.160 e. The molecule has 2 nitrogen and oxygen atoms in total. The summed E-state index contributed by atoms with van der Waals surface area (Å²) in [6, 6.07) is 26.7. The number of nitrogens with zero attached hydrogens (tertiary/aromatic N) is 2. The first-order valence-corrected chi connectivity index (χ1v) is 10.1. The van der Waals surface area contributed by atoms with E-state index in [-0.39, 0.29) is 0 Å². The number of aromatic nitrogens is 2. The Morgan fingerprint density at radius 1 is 0.621 bits per heavy atom. The van der Waals surface area contributed by atoms with Crippen LogP contribution in [0.15, 0.2) is 96.5 Å². The van der Waals surface area contributed by atoms with E-state index >= 15 is 0 Å². The highest BCUT2D eigenvalue weighted by atomic mass is 79.9. The van der Waals surface area contributed by atoms with Gasteiger partial charge < -0.3 is 0 Å². The number of hydrogen-bond donors (Lipinski definition) is 0. The zero-order valence-corrected chi connectivity index (χ0v) is 17.4. The van der Waals surface area contributed by atoms with Crippen LogP contribution in [0.4, 0.5) is 0 Å².